The van der Waals surface area contributed by atoms with Crippen LogP contribution in [0.25, 0.3) is 0 Å². The van der Waals surface area contributed by atoms with Crippen LogP contribution in [-0.4, -0.2) is 57.7 Å². The first-order valence-electron chi connectivity index (χ1n) is 8.44. The van der Waals surface area contributed by atoms with Crippen molar-refractivity contribution in [1.82, 2.24) is 14.9 Å². The third kappa shape index (κ3) is 5.74. The second-order valence-corrected chi connectivity index (χ2v) is 8.57. The van der Waals surface area contributed by atoms with Crippen molar-refractivity contribution in [2.45, 2.75) is 45.4 Å². The van der Waals surface area contributed by atoms with Gasteiger partial charge in [0.1, 0.15) is 0 Å². The Morgan fingerprint density at radius 2 is 1.91 bits per heavy atom. The fourth-order valence-corrected chi connectivity index (χ4v) is 5.04. The Labute approximate surface area is 157 Å². The van der Waals surface area contributed by atoms with Gasteiger partial charge in [-0.25, -0.2) is 12.7 Å². The van der Waals surface area contributed by atoms with E-state index in [2.05, 4.69) is 22.5 Å². The van der Waals surface area contributed by atoms with Crippen LogP contribution in [0.3, 0.4) is 0 Å². The summed E-state index contributed by atoms with van der Waals surface area (Å²) >= 11 is 0. The van der Waals surface area contributed by atoms with E-state index in [1.165, 1.54) is 32.1 Å². The Bertz CT molecular complexity index is 490. The molecule has 136 valence electrons. The second kappa shape index (κ2) is 9.41. The van der Waals surface area contributed by atoms with E-state index < -0.39 is 10.0 Å². The lowest BCUT2D eigenvalue weighted by atomic mass is 9.83. The van der Waals surface area contributed by atoms with Gasteiger partial charge < -0.3 is 10.6 Å². The largest absolute Gasteiger partial charge is 0.356 e. The zero-order chi connectivity index (χ0) is 16.1. The van der Waals surface area contributed by atoms with Crippen LogP contribution in [0.5, 0.6) is 0 Å². The molecule has 0 aromatic rings. The molecule has 6 nitrogen and oxygen atoms in total. The zero-order valence-corrected chi connectivity index (χ0v) is 17.5. The lowest BCUT2D eigenvalue weighted by molar-refractivity contribution is 0.283. The van der Waals surface area contributed by atoms with E-state index >= 15 is 0 Å². The Morgan fingerprint density at radius 1 is 1.22 bits per heavy atom. The van der Waals surface area contributed by atoms with Crippen molar-refractivity contribution in [1.29, 1.82) is 0 Å². The highest BCUT2D eigenvalue weighted by Gasteiger charge is 2.32. The number of rotatable bonds is 6. The number of sulfonamides is 1. The highest BCUT2D eigenvalue weighted by molar-refractivity contribution is 14.0. The summed E-state index contributed by atoms with van der Waals surface area (Å²) in [6.07, 6.45) is 7.18. The summed E-state index contributed by atoms with van der Waals surface area (Å²) in [6, 6.07) is 0. The number of hydrogen-bond donors (Lipinski definition) is 2. The highest BCUT2D eigenvalue weighted by Crippen LogP contribution is 2.40. The monoisotopic (exact) mass is 458 g/mol. The number of nitrogens with one attached hydrogen (secondary N) is 2. The molecule has 1 aliphatic heterocycles. The molecule has 0 aromatic carbocycles. The van der Waals surface area contributed by atoms with Crippen LogP contribution in [-0.2, 0) is 10.0 Å². The number of guanidine groups is 1. The summed E-state index contributed by atoms with van der Waals surface area (Å²) in [6.45, 7) is 4.97. The minimum Gasteiger partial charge on any atom is -0.356 e. The molecule has 0 unspecified atom stereocenters. The van der Waals surface area contributed by atoms with Gasteiger partial charge in [-0.2, -0.15) is 0 Å². The van der Waals surface area contributed by atoms with Gasteiger partial charge >= 0.3 is 0 Å². The van der Waals surface area contributed by atoms with Crippen molar-refractivity contribution < 1.29 is 8.42 Å². The van der Waals surface area contributed by atoms with Crippen molar-refractivity contribution in [3.05, 3.63) is 0 Å². The molecule has 0 aromatic heterocycles. The van der Waals surface area contributed by atoms with E-state index in [1.807, 2.05) is 0 Å². The Morgan fingerprint density at radius 3 is 2.43 bits per heavy atom. The standard InChI is InChI=1S/C15H30N4O2S.HI/c1-3-15(7-4-5-8-15)13-18-14(16-2)17-9-11-19-10-6-12-22(19,20)21;/h3-13H2,1-2H3,(H2,16,17,18);1H. The molecule has 2 aliphatic rings. The van der Waals surface area contributed by atoms with Crippen LogP contribution in [0.2, 0.25) is 0 Å². The van der Waals surface area contributed by atoms with Crippen LogP contribution < -0.4 is 10.6 Å². The Hall–Kier alpha value is -0.0900. The topological polar surface area (TPSA) is 73.8 Å². The third-order valence-corrected chi connectivity index (χ3v) is 7.08. The molecule has 23 heavy (non-hydrogen) atoms. The van der Waals surface area contributed by atoms with E-state index in [9.17, 15) is 8.42 Å². The maximum Gasteiger partial charge on any atom is 0.214 e. The molecule has 0 amide bonds. The predicted molar refractivity (Wildman–Crippen MR) is 106 cm³/mol. The normalized spacial score (nSPS) is 23.5. The van der Waals surface area contributed by atoms with Gasteiger partial charge in [-0.3, -0.25) is 4.99 Å². The molecular weight excluding hydrogens is 427 g/mol. The first-order chi connectivity index (χ1) is 10.5. The molecule has 0 atom stereocenters. The summed E-state index contributed by atoms with van der Waals surface area (Å²) in [5.74, 6) is 1.07. The van der Waals surface area contributed by atoms with Gasteiger partial charge in [0.15, 0.2) is 5.96 Å². The van der Waals surface area contributed by atoms with Crippen molar-refractivity contribution in [3.8, 4) is 0 Å². The first kappa shape index (κ1) is 21.0. The van der Waals surface area contributed by atoms with Crippen molar-refractivity contribution >= 4 is 40.0 Å². The third-order valence-electron chi connectivity index (χ3n) is 5.13. The molecule has 0 spiro atoms. The Kier molecular flexibility index (Phi) is 8.57. The van der Waals surface area contributed by atoms with Gasteiger partial charge in [0.25, 0.3) is 0 Å². The van der Waals surface area contributed by atoms with E-state index in [0.29, 0.717) is 30.8 Å². The van der Waals surface area contributed by atoms with Crippen LogP contribution in [0.1, 0.15) is 45.4 Å². The average Bonchev–Trinajstić information content (AvgIpc) is 3.10. The average molecular weight is 458 g/mol. The molecular formula is C15H31IN4O2S. The maximum absolute atomic E-state index is 11.7. The van der Waals surface area contributed by atoms with Gasteiger partial charge in [0.2, 0.25) is 10.0 Å². The predicted octanol–water partition coefficient (Wildman–Crippen LogP) is 1.78. The highest BCUT2D eigenvalue weighted by atomic mass is 127. The van der Waals surface area contributed by atoms with Gasteiger partial charge in [-0.05, 0) is 31.1 Å². The fraction of sp³-hybridized carbons (Fsp3) is 0.933. The summed E-state index contributed by atoms with van der Waals surface area (Å²) in [4.78, 5) is 4.24. The van der Waals surface area contributed by atoms with Gasteiger partial charge in [0, 0.05) is 33.2 Å². The SMILES string of the molecule is CCC1(CNC(=NC)NCCN2CCCS2(=O)=O)CCCC1.I. The quantitative estimate of drug-likeness (QED) is 0.362. The van der Waals surface area contributed by atoms with Crippen molar-refractivity contribution in [2.24, 2.45) is 10.4 Å². The summed E-state index contributed by atoms with van der Waals surface area (Å²) < 4.78 is 25.0. The molecule has 8 heteroatoms. The van der Waals surface area contributed by atoms with Crippen LogP contribution >= 0.6 is 24.0 Å². The van der Waals surface area contributed by atoms with Crippen LogP contribution in [0.4, 0.5) is 0 Å². The molecule has 2 fully saturated rings. The number of aliphatic imine (C=N–C) groups is 1. The number of halogens is 1. The van der Waals surface area contributed by atoms with Crippen LogP contribution in [0, 0.1) is 5.41 Å². The minimum atomic E-state index is -3.00. The fourth-order valence-electron chi connectivity index (χ4n) is 3.51. The molecule has 2 N–H and O–H groups in total. The molecule has 2 rings (SSSR count). The number of nitrogens with zero attached hydrogens (tertiary/aromatic N) is 2. The van der Waals surface area contributed by atoms with Gasteiger partial charge in [-0.15, -0.1) is 24.0 Å². The van der Waals surface area contributed by atoms with E-state index in [0.717, 1.165) is 18.9 Å². The zero-order valence-electron chi connectivity index (χ0n) is 14.3. The first-order valence-corrected chi connectivity index (χ1v) is 10.0. The summed E-state index contributed by atoms with van der Waals surface area (Å²) in [5, 5.41) is 6.65. The molecule has 1 aliphatic carbocycles. The van der Waals surface area contributed by atoms with Gasteiger partial charge in [-0.1, -0.05) is 19.8 Å². The molecule has 1 heterocycles. The van der Waals surface area contributed by atoms with Crippen molar-refractivity contribution in [3.63, 3.8) is 0 Å². The summed E-state index contributed by atoms with van der Waals surface area (Å²) in [5.41, 5.74) is 0.413. The van der Waals surface area contributed by atoms with E-state index in [4.69, 9.17) is 0 Å². The smallest absolute Gasteiger partial charge is 0.214 e. The van der Waals surface area contributed by atoms with Gasteiger partial charge in [0.05, 0.1) is 5.75 Å². The molecule has 0 bridgehead atoms. The lowest BCUT2D eigenvalue weighted by Crippen LogP contribution is -2.45. The summed E-state index contributed by atoms with van der Waals surface area (Å²) in [7, 11) is -1.24. The molecule has 1 saturated carbocycles. The van der Waals surface area contributed by atoms with Crippen molar-refractivity contribution in [2.75, 3.05) is 39.0 Å². The Balaban J connectivity index is 0.00000264. The lowest BCUT2D eigenvalue weighted by Gasteiger charge is -2.28. The number of hydrogen-bond acceptors (Lipinski definition) is 3. The second-order valence-electron chi connectivity index (χ2n) is 6.48. The minimum absolute atomic E-state index is 0. The van der Waals surface area contributed by atoms with E-state index in [1.54, 1.807) is 11.4 Å². The maximum atomic E-state index is 11.7. The molecule has 0 radical (unpaired) electrons. The van der Waals surface area contributed by atoms with E-state index in [-0.39, 0.29) is 24.0 Å². The van der Waals surface area contributed by atoms with Crippen LogP contribution in [0.15, 0.2) is 4.99 Å². The molecule has 1 saturated heterocycles.